The van der Waals surface area contributed by atoms with Crippen LogP contribution >= 0.6 is 0 Å². The van der Waals surface area contributed by atoms with Gasteiger partial charge >= 0.3 is 0 Å². The first-order valence-electron chi connectivity index (χ1n) is 6.44. The number of benzene rings is 1. The van der Waals surface area contributed by atoms with Crippen LogP contribution in [0.2, 0.25) is 0 Å². The first-order chi connectivity index (χ1) is 9.47. The van der Waals surface area contributed by atoms with E-state index < -0.39 is 9.84 Å². The second-order valence-corrected chi connectivity index (χ2v) is 6.78. The van der Waals surface area contributed by atoms with Gasteiger partial charge in [-0.05, 0) is 24.6 Å². The summed E-state index contributed by atoms with van der Waals surface area (Å²) in [5, 5.41) is 3.33. The lowest BCUT2D eigenvalue weighted by Crippen LogP contribution is -2.19. The minimum absolute atomic E-state index is 0.357. The Kier molecular flexibility index (Phi) is 4.57. The summed E-state index contributed by atoms with van der Waals surface area (Å²) in [6, 6.07) is 6.97. The highest BCUT2D eigenvalue weighted by molar-refractivity contribution is 7.90. The van der Waals surface area contributed by atoms with Crippen molar-refractivity contribution in [1.29, 1.82) is 0 Å². The van der Waals surface area contributed by atoms with Crippen molar-refractivity contribution < 1.29 is 8.42 Å². The Bertz CT molecular complexity index is 660. The number of aryl methyl sites for hydroxylation is 1. The van der Waals surface area contributed by atoms with Crippen LogP contribution in [0.5, 0.6) is 0 Å². The lowest BCUT2D eigenvalue weighted by atomic mass is 10.2. The quantitative estimate of drug-likeness (QED) is 0.817. The minimum Gasteiger partial charge on any atom is -0.334 e. The van der Waals surface area contributed by atoms with E-state index in [2.05, 4.69) is 14.9 Å². The van der Waals surface area contributed by atoms with E-state index in [4.69, 9.17) is 0 Å². The van der Waals surface area contributed by atoms with Crippen LogP contribution in [0.25, 0.3) is 0 Å². The maximum atomic E-state index is 11.3. The van der Waals surface area contributed by atoms with Crippen LogP contribution in [0.3, 0.4) is 0 Å². The summed E-state index contributed by atoms with van der Waals surface area (Å²) in [4.78, 5) is 4.52. The highest BCUT2D eigenvalue weighted by Crippen LogP contribution is 2.10. The topological polar surface area (TPSA) is 64.0 Å². The largest absolute Gasteiger partial charge is 0.334 e. The fourth-order valence-corrected chi connectivity index (χ4v) is 2.56. The van der Waals surface area contributed by atoms with Gasteiger partial charge < -0.3 is 9.88 Å². The number of aromatic nitrogens is 2. The van der Waals surface area contributed by atoms with Crippen molar-refractivity contribution in [2.24, 2.45) is 0 Å². The number of nitrogens with one attached hydrogen (secondary N) is 1. The van der Waals surface area contributed by atoms with Crippen LogP contribution in [0.4, 0.5) is 0 Å². The van der Waals surface area contributed by atoms with Crippen LogP contribution in [0.15, 0.2) is 41.6 Å². The molecule has 0 atom stereocenters. The minimum atomic E-state index is -3.11. The summed E-state index contributed by atoms with van der Waals surface area (Å²) in [5.41, 5.74) is 1.07. The van der Waals surface area contributed by atoms with E-state index >= 15 is 0 Å². The van der Waals surface area contributed by atoms with Crippen LogP contribution in [0, 0.1) is 6.92 Å². The van der Waals surface area contributed by atoms with Gasteiger partial charge in [0.25, 0.3) is 0 Å². The average Bonchev–Trinajstić information content (AvgIpc) is 2.80. The molecule has 0 spiro atoms. The smallest absolute Gasteiger partial charge is 0.175 e. The van der Waals surface area contributed by atoms with Gasteiger partial charge in [0.2, 0.25) is 0 Å². The van der Waals surface area contributed by atoms with Gasteiger partial charge in [0.15, 0.2) is 9.84 Å². The zero-order valence-electron chi connectivity index (χ0n) is 11.7. The highest BCUT2D eigenvalue weighted by atomic mass is 32.2. The first-order valence-corrected chi connectivity index (χ1v) is 8.33. The van der Waals surface area contributed by atoms with E-state index in [1.807, 2.05) is 25.3 Å². The second kappa shape index (κ2) is 6.19. The Morgan fingerprint density at radius 1 is 1.25 bits per heavy atom. The fraction of sp³-hybridized carbons (Fsp3) is 0.357. The Hall–Kier alpha value is -1.66. The van der Waals surface area contributed by atoms with Crippen molar-refractivity contribution in [3.05, 3.63) is 48.0 Å². The summed E-state index contributed by atoms with van der Waals surface area (Å²) < 4.78 is 24.8. The van der Waals surface area contributed by atoms with Gasteiger partial charge in [0, 0.05) is 38.3 Å². The SMILES string of the molecule is Cc1nccn1CCNCc1ccc(S(C)(=O)=O)cc1. The molecule has 0 unspecified atom stereocenters. The third-order valence-electron chi connectivity index (χ3n) is 3.13. The number of hydrogen-bond donors (Lipinski definition) is 1. The Labute approximate surface area is 119 Å². The van der Waals surface area contributed by atoms with Crippen molar-refractivity contribution in [2.45, 2.75) is 24.9 Å². The van der Waals surface area contributed by atoms with E-state index in [1.54, 1.807) is 18.3 Å². The van der Waals surface area contributed by atoms with Crippen LogP contribution in [-0.4, -0.2) is 30.8 Å². The Balaban J connectivity index is 1.81. The molecule has 0 bridgehead atoms. The molecule has 5 nitrogen and oxygen atoms in total. The summed E-state index contributed by atoms with van der Waals surface area (Å²) in [7, 11) is -3.11. The molecule has 1 aromatic carbocycles. The second-order valence-electron chi connectivity index (χ2n) is 4.76. The lowest BCUT2D eigenvalue weighted by Gasteiger charge is -2.07. The van der Waals surface area contributed by atoms with Crippen molar-refractivity contribution >= 4 is 9.84 Å². The zero-order valence-corrected chi connectivity index (χ0v) is 12.5. The van der Waals surface area contributed by atoms with Crippen LogP contribution in [-0.2, 0) is 22.9 Å². The highest BCUT2D eigenvalue weighted by Gasteiger charge is 2.05. The molecular formula is C14H19N3O2S. The molecule has 0 aliphatic carbocycles. The fourth-order valence-electron chi connectivity index (χ4n) is 1.93. The Morgan fingerprint density at radius 2 is 1.95 bits per heavy atom. The third kappa shape index (κ3) is 3.91. The number of hydrogen-bond acceptors (Lipinski definition) is 4. The molecule has 0 aliphatic heterocycles. The molecule has 1 N–H and O–H groups in total. The van der Waals surface area contributed by atoms with Gasteiger partial charge in [-0.2, -0.15) is 0 Å². The van der Waals surface area contributed by atoms with E-state index in [-0.39, 0.29) is 0 Å². The maximum Gasteiger partial charge on any atom is 0.175 e. The van der Waals surface area contributed by atoms with E-state index in [0.717, 1.165) is 31.0 Å². The van der Waals surface area contributed by atoms with E-state index in [9.17, 15) is 8.42 Å². The van der Waals surface area contributed by atoms with E-state index in [1.165, 1.54) is 6.26 Å². The normalized spacial score (nSPS) is 11.7. The van der Waals surface area contributed by atoms with Gasteiger partial charge in [0.05, 0.1) is 4.90 Å². The van der Waals surface area contributed by atoms with Crippen LogP contribution in [0.1, 0.15) is 11.4 Å². The standard InChI is InChI=1S/C14H19N3O2S/c1-12-16-8-10-17(12)9-7-15-11-13-3-5-14(6-4-13)20(2,18)19/h3-6,8,10,15H,7,9,11H2,1-2H3. The van der Waals surface area contributed by atoms with Gasteiger partial charge in [-0.25, -0.2) is 13.4 Å². The molecular weight excluding hydrogens is 274 g/mol. The maximum absolute atomic E-state index is 11.3. The lowest BCUT2D eigenvalue weighted by molar-refractivity contribution is 0.587. The molecule has 1 heterocycles. The molecule has 108 valence electrons. The van der Waals surface area contributed by atoms with Crippen molar-refractivity contribution in [1.82, 2.24) is 14.9 Å². The predicted octanol–water partition coefficient (Wildman–Crippen LogP) is 1.38. The van der Waals surface area contributed by atoms with Gasteiger partial charge in [-0.3, -0.25) is 0 Å². The molecule has 0 aliphatic rings. The van der Waals surface area contributed by atoms with Gasteiger partial charge in [-0.1, -0.05) is 12.1 Å². The number of nitrogens with zero attached hydrogens (tertiary/aromatic N) is 2. The molecule has 0 saturated heterocycles. The predicted molar refractivity (Wildman–Crippen MR) is 78.2 cm³/mol. The molecule has 6 heteroatoms. The molecule has 2 aromatic rings. The van der Waals surface area contributed by atoms with Crippen molar-refractivity contribution in [3.63, 3.8) is 0 Å². The van der Waals surface area contributed by atoms with Crippen molar-refractivity contribution in [2.75, 3.05) is 12.8 Å². The molecule has 1 aromatic heterocycles. The molecule has 0 saturated carbocycles. The first kappa shape index (κ1) is 14.7. The summed E-state index contributed by atoms with van der Waals surface area (Å²) in [6.45, 7) is 4.40. The summed E-state index contributed by atoms with van der Waals surface area (Å²) in [6.07, 6.45) is 4.96. The molecule has 2 rings (SSSR count). The molecule has 0 radical (unpaired) electrons. The monoisotopic (exact) mass is 293 g/mol. The number of sulfone groups is 1. The Morgan fingerprint density at radius 3 is 2.50 bits per heavy atom. The van der Waals surface area contributed by atoms with Gasteiger partial charge in [-0.15, -0.1) is 0 Å². The summed E-state index contributed by atoms with van der Waals surface area (Å²) in [5.74, 6) is 1.00. The number of imidazole rings is 1. The molecule has 0 fully saturated rings. The molecule has 0 amide bonds. The van der Waals surface area contributed by atoms with Crippen molar-refractivity contribution in [3.8, 4) is 0 Å². The van der Waals surface area contributed by atoms with Gasteiger partial charge in [0.1, 0.15) is 5.82 Å². The average molecular weight is 293 g/mol. The zero-order chi connectivity index (χ0) is 14.6. The van der Waals surface area contributed by atoms with Crippen LogP contribution < -0.4 is 5.32 Å². The number of rotatable bonds is 6. The molecule has 20 heavy (non-hydrogen) atoms. The summed E-state index contributed by atoms with van der Waals surface area (Å²) >= 11 is 0. The third-order valence-corrected chi connectivity index (χ3v) is 4.26. The van der Waals surface area contributed by atoms with E-state index in [0.29, 0.717) is 4.90 Å².